The molecule has 0 aromatic carbocycles. The lowest BCUT2D eigenvalue weighted by molar-refractivity contribution is 0.357. The lowest BCUT2D eigenvalue weighted by Gasteiger charge is -2.32. The largest absolute Gasteiger partial charge is 0.315 e. The summed E-state index contributed by atoms with van der Waals surface area (Å²) in [5, 5.41) is 3.00. The quantitative estimate of drug-likeness (QED) is 0.857. The van der Waals surface area contributed by atoms with Crippen LogP contribution in [0.2, 0.25) is 0 Å². The average molecular weight is 353 g/mol. The Labute approximate surface area is 130 Å². The van der Waals surface area contributed by atoms with Gasteiger partial charge in [-0.05, 0) is 27.0 Å². The van der Waals surface area contributed by atoms with Crippen LogP contribution in [0.1, 0.15) is 16.7 Å². The average Bonchev–Trinajstić information content (AvgIpc) is 2.69. The Hall–Kier alpha value is -0.480. The molecule has 2 heterocycles. The van der Waals surface area contributed by atoms with Crippen LogP contribution in [0.4, 0.5) is 0 Å². The molecule has 21 heavy (non-hydrogen) atoms. The van der Waals surface area contributed by atoms with Crippen molar-refractivity contribution in [2.24, 2.45) is 0 Å². The van der Waals surface area contributed by atoms with E-state index < -0.39 is 25.9 Å². The number of aryl methyl sites for hydroxylation is 1. The molecule has 1 fully saturated rings. The van der Waals surface area contributed by atoms with Crippen LogP contribution in [-0.2, 0) is 26.4 Å². The molecule has 1 saturated heterocycles. The summed E-state index contributed by atoms with van der Waals surface area (Å²) in [5.41, 5.74) is 0. The van der Waals surface area contributed by atoms with Crippen LogP contribution < -0.4 is 5.32 Å². The Bertz CT molecular complexity index is 722. The zero-order chi connectivity index (χ0) is 15.8. The maximum absolute atomic E-state index is 12.8. The van der Waals surface area contributed by atoms with Crippen molar-refractivity contribution in [2.45, 2.75) is 31.3 Å². The molecule has 0 amide bonds. The van der Waals surface area contributed by atoms with Crippen LogP contribution in [0.3, 0.4) is 0 Å². The van der Waals surface area contributed by atoms with E-state index in [9.17, 15) is 16.8 Å². The molecule has 0 spiro atoms. The Balaban J connectivity index is 2.34. The van der Waals surface area contributed by atoms with Gasteiger partial charge in [0.2, 0.25) is 10.0 Å². The summed E-state index contributed by atoms with van der Waals surface area (Å²) in [4.78, 5) is 1.98. The third-order valence-electron chi connectivity index (χ3n) is 3.47. The molecule has 6 nitrogen and oxygen atoms in total. The predicted molar refractivity (Wildman–Crippen MR) is 83.8 cm³/mol. The van der Waals surface area contributed by atoms with Gasteiger partial charge in [-0.1, -0.05) is 0 Å². The van der Waals surface area contributed by atoms with Crippen LogP contribution >= 0.6 is 11.3 Å². The van der Waals surface area contributed by atoms with Crippen molar-refractivity contribution in [3.63, 3.8) is 0 Å². The monoisotopic (exact) mass is 352 g/mol. The topological polar surface area (TPSA) is 83.6 Å². The number of sulfone groups is 1. The van der Waals surface area contributed by atoms with Crippen molar-refractivity contribution in [1.82, 2.24) is 9.62 Å². The van der Waals surface area contributed by atoms with E-state index in [2.05, 4.69) is 5.32 Å². The van der Waals surface area contributed by atoms with E-state index in [1.54, 1.807) is 27.0 Å². The Morgan fingerprint density at radius 3 is 2.71 bits per heavy atom. The van der Waals surface area contributed by atoms with Crippen molar-refractivity contribution < 1.29 is 16.8 Å². The van der Waals surface area contributed by atoms with Crippen LogP contribution in [0.5, 0.6) is 0 Å². The molecular formula is C12H20N2O4S3. The second-order valence-electron chi connectivity index (χ2n) is 5.24. The van der Waals surface area contributed by atoms with Gasteiger partial charge >= 0.3 is 0 Å². The zero-order valence-corrected chi connectivity index (χ0v) is 14.7. The third-order valence-corrected chi connectivity index (χ3v) is 8.58. The number of hydrogen-bond acceptors (Lipinski definition) is 6. The first kappa shape index (κ1) is 16.9. The molecule has 0 radical (unpaired) electrons. The highest BCUT2D eigenvalue weighted by molar-refractivity contribution is 7.92. The molecule has 1 N–H and O–H groups in total. The second kappa shape index (κ2) is 5.96. The highest BCUT2D eigenvalue weighted by Gasteiger charge is 2.37. The van der Waals surface area contributed by atoms with E-state index in [1.807, 2.05) is 0 Å². The molecule has 1 atom stereocenters. The first-order chi connectivity index (χ1) is 9.67. The number of rotatable bonds is 4. The maximum atomic E-state index is 12.8. The minimum Gasteiger partial charge on any atom is -0.315 e. The minimum absolute atomic E-state index is 0.0302. The summed E-state index contributed by atoms with van der Waals surface area (Å²) in [6, 6.07) is 1.16. The molecule has 0 saturated carbocycles. The first-order valence-electron chi connectivity index (χ1n) is 6.63. The molecule has 1 unspecified atom stereocenters. The Morgan fingerprint density at radius 1 is 1.48 bits per heavy atom. The molecule has 9 heteroatoms. The fourth-order valence-electron chi connectivity index (χ4n) is 2.51. The molecule has 0 aliphatic carbocycles. The van der Waals surface area contributed by atoms with Crippen molar-refractivity contribution in [2.75, 3.05) is 25.1 Å². The van der Waals surface area contributed by atoms with Gasteiger partial charge in [-0.15, -0.1) is 11.3 Å². The van der Waals surface area contributed by atoms with Crippen LogP contribution in [0.25, 0.3) is 0 Å². The summed E-state index contributed by atoms with van der Waals surface area (Å²) < 4.78 is 50.0. The second-order valence-corrected chi connectivity index (χ2v) is 10.7. The van der Waals surface area contributed by atoms with Gasteiger partial charge < -0.3 is 5.32 Å². The van der Waals surface area contributed by atoms with Gasteiger partial charge in [-0.25, -0.2) is 16.8 Å². The summed E-state index contributed by atoms with van der Waals surface area (Å²) in [7, 11) is -4.97. The van der Waals surface area contributed by atoms with Gasteiger partial charge in [-0.2, -0.15) is 4.31 Å². The Kier molecular flexibility index (Phi) is 4.79. The van der Waals surface area contributed by atoms with Gasteiger partial charge in [0, 0.05) is 28.9 Å². The molecule has 2 rings (SSSR count). The number of nitrogens with zero attached hydrogens (tertiary/aromatic N) is 1. The fourth-order valence-corrected chi connectivity index (χ4v) is 7.52. The smallest absolute Gasteiger partial charge is 0.244 e. The van der Waals surface area contributed by atoms with Gasteiger partial charge in [0.25, 0.3) is 0 Å². The van der Waals surface area contributed by atoms with E-state index >= 15 is 0 Å². The van der Waals surface area contributed by atoms with E-state index in [-0.39, 0.29) is 18.1 Å². The molecule has 1 aliphatic rings. The maximum Gasteiger partial charge on any atom is 0.244 e. The van der Waals surface area contributed by atoms with E-state index in [4.69, 9.17) is 0 Å². The fraction of sp³-hybridized carbons (Fsp3) is 0.667. The molecule has 1 aromatic rings. The van der Waals surface area contributed by atoms with E-state index in [0.717, 1.165) is 9.75 Å². The summed E-state index contributed by atoms with van der Waals surface area (Å²) in [6.45, 7) is 4.07. The molecular weight excluding hydrogens is 332 g/mol. The first-order valence-corrected chi connectivity index (χ1v) is 10.7. The van der Waals surface area contributed by atoms with Crippen molar-refractivity contribution >= 4 is 31.2 Å². The van der Waals surface area contributed by atoms with E-state index in [1.165, 1.54) is 15.6 Å². The summed E-state index contributed by atoms with van der Waals surface area (Å²) in [5.74, 6) is -0.220. The third kappa shape index (κ3) is 3.48. The summed E-state index contributed by atoms with van der Waals surface area (Å²) >= 11 is 1.44. The molecule has 1 aliphatic heterocycles. The number of sulfonamides is 1. The standard InChI is InChI=1S/C12H20N2O4S3/c1-9-8-20(15,16)5-4-14(9)21(17,18)12-6-11(7-13-3)19-10(12)2/h6,9,13H,4-5,7-8H2,1-3H3. The predicted octanol–water partition coefficient (Wildman–Crippen LogP) is 0.584. The van der Waals surface area contributed by atoms with Gasteiger partial charge in [0.15, 0.2) is 9.84 Å². The molecule has 120 valence electrons. The van der Waals surface area contributed by atoms with Gasteiger partial charge in [-0.3, -0.25) is 0 Å². The molecule has 1 aromatic heterocycles. The number of hydrogen-bond donors (Lipinski definition) is 1. The highest BCUT2D eigenvalue weighted by Crippen LogP contribution is 2.30. The van der Waals surface area contributed by atoms with Crippen LogP contribution in [0, 0.1) is 6.92 Å². The molecule has 0 bridgehead atoms. The highest BCUT2D eigenvalue weighted by atomic mass is 32.2. The minimum atomic E-state index is -3.64. The normalized spacial score (nSPS) is 23.3. The van der Waals surface area contributed by atoms with Crippen molar-refractivity contribution in [3.05, 3.63) is 15.8 Å². The number of nitrogens with one attached hydrogen (secondary N) is 1. The van der Waals surface area contributed by atoms with Crippen molar-refractivity contribution in [3.8, 4) is 0 Å². The Morgan fingerprint density at radius 2 is 2.14 bits per heavy atom. The van der Waals surface area contributed by atoms with E-state index in [0.29, 0.717) is 11.4 Å². The van der Waals surface area contributed by atoms with Crippen LogP contribution in [0.15, 0.2) is 11.0 Å². The summed E-state index contributed by atoms with van der Waals surface area (Å²) in [6.07, 6.45) is 0. The van der Waals surface area contributed by atoms with Gasteiger partial charge in [0.05, 0.1) is 16.4 Å². The van der Waals surface area contributed by atoms with Gasteiger partial charge in [0.1, 0.15) is 0 Å². The van der Waals surface area contributed by atoms with Crippen molar-refractivity contribution in [1.29, 1.82) is 0 Å². The zero-order valence-electron chi connectivity index (χ0n) is 12.3. The number of thiophene rings is 1. The lowest BCUT2D eigenvalue weighted by atomic mass is 10.4. The lowest BCUT2D eigenvalue weighted by Crippen LogP contribution is -2.49. The van der Waals surface area contributed by atoms with Crippen LogP contribution in [-0.4, -0.2) is 52.3 Å². The SMILES string of the molecule is CNCc1cc(S(=O)(=O)N2CCS(=O)(=O)CC2C)c(C)s1.